The van der Waals surface area contributed by atoms with E-state index < -0.39 is 26.1 Å². The Balaban J connectivity index is 0.838. The second-order valence-electron chi connectivity index (χ2n) is 23.2. The minimum Gasteiger partial charge on any atom is -0.497 e. The first-order chi connectivity index (χ1) is 34.7. The lowest BCUT2D eigenvalue weighted by Gasteiger charge is -2.58. The Morgan fingerprint density at radius 1 is 0.806 bits per heavy atom. The van der Waals surface area contributed by atoms with Crippen molar-refractivity contribution in [3.63, 3.8) is 0 Å². The van der Waals surface area contributed by atoms with Gasteiger partial charge in [-0.15, -0.1) is 0 Å². The molecule has 8 rings (SSSR count). The zero-order valence-electron chi connectivity index (χ0n) is 44.5. The lowest BCUT2D eigenvalue weighted by Crippen LogP contribution is -2.51. The Morgan fingerprint density at radius 2 is 1.50 bits per heavy atom. The van der Waals surface area contributed by atoms with Crippen LogP contribution in [0.4, 0.5) is 4.79 Å². The van der Waals surface area contributed by atoms with Crippen molar-refractivity contribution in [2.24, 2.45) is 52.3 Å². The molecule has 5 aliphatic rings. The number of benzene rings is 3. The van der Waals surface area contributed by atoms with Gasteiger partial charge in [-0.05, 0) is 145 Å². The zero-order valence-corrected chi connectivity index (χ0v) is 45.3. The highest BCUT2D eigenvalue weighted by atomic mass is 31.2. The van der Waals surface area contributed by atoms with Crippen LogP contribution < -0.4 is 19.9 Å². The van der Waals surface area contributed by atoms with E-state index in [0.29, 0.717) is 42.8 Å². The number of hydrogen-bond acceptors (Lipinski definition) is 9. The Hall–Kier alpha value is -3.99. The summed E-state index contributed by atoms with van der Waals surface area (Å²) in [7, 11) is 0.748. The number of unbranched alkanes of at least 4 members (excludes halogenated alkanes) is 2. The van der Waals surface area contributed by atoms with E-state index in [0.717, 1.165) is 84.3 Å². The number of nitrogens with zero attached hydrogens (tertiary/aromatic N) is 1. The van der Waals surface area contributed by atoms with Crippen molar-refractivity contribution < 1.29 is 38.3 Å². The van der Waals surface area contributed by atoms with Crippen molar-refractivity contribution in [2.75, 3.05) is 33.9 Å². The maximum Gasteiger partial charge on any atom is 0.407 e. The van der Waals surface area contributed by atoms with Crippen LogP contribution in [0.5, 0.6) is 11.5 Å². The van der Waals surface area contributed by atoms with Crippen molar-refractivity contribution in [1.82, 2.24) is 15.3 Å². The fourth-order valence-corrected chi connectivity index (χ4v) is 15.4. The molecule has 10 unspecified atom stereocenters. The van der Waals surface area contributed by atoms with Crippen molar-refractivity contribution in [1.29, 1.82) is 0 Å². The lowest BCUT2D eigenvalue weighted by atomic mass is 9.47. The molecule has 1 aliphatic heterocycles. The highest BCUT2D eigenvalue weighted by molar-refractivity contribution is 7.42. The maximum atomic E-state index is 14.1. The van der Waals surface area contributed by atoms with Crippen LogP contribution in [-0.4, -0.2) is 72.7 Å². The summed E-state index contributed by atoms with van der Waals surface area (Å²) < 4.78 is 24.4. The number of alkyl carbamates (subject to hydrolysis) is 1. The first kappa shape index (κ1) is 54.3. The van der Waals surface area contributed by atoms with E-state index in [-0.39, 0.29) is 36.7 Å². The number of nitrogens with one attached hydrogen (secondary N) is 2. The van der Waals surface area contributed by atoms with Crippen LogP contribution in [-0.2, 0) is 26.5 Å². The van der Waals surface area contributed by atoms with E-state index in [9.17, 15) is 19.4 Å². The molecule has 10 atom stereocenters. The molecule has 11 nitrogen and oxygen atoms in total. The molecule has 0 spiro atoms. The quantitative estimate of drug-likeness (QED) is 0.0440. The number of carbonyl (C=O) groups is 2. The predicted molar refractivity (Wildman–Crippen MR) is 286 cm³/mol. The molecule has 2 amide bonds. The fourth-order valence-electron chi connectivity index (χ4n) is 14.9. The minimum absolute atomic E-state index is 0.0114. The van der Waals surface area contributed by atoms with Gasteiger partial charge in [0, 0.05) is 44.4 Å². The molecular weight excluding hydrogens is 922 g/mol. The van der Waals surface area contributed by atoms with Gasteiger partial charge >= 0.3 is 6.09 Å². The summed E-state index contributed by atoms with van der Waals surface area (Å²) in [6.45, 7) is 13.8. The summed E-state index contributed by atoms with van der Waals surface area (Å²) in [6, 6.07) is 25.0. The minimum atomic E-state index is -2.51. The summed E-state index contributed by atoms with van der Waals surface area (Å²) in [6.07, 6.45) is 18.3. The second kappa shape index (κ2) is 24.1. The van der Waals surface area contributed by atoms with Crippen molar-refractivity contribution in [2.45, 2.75) is 155 Å². The average molecular weight is 1010 g/mol. The molecule has 394 valence electrons. The topological polar surface area (TPSA) is 139 Å². The fraction of sp³-hybridized carbons (Fsp3) is 0.633. The molecule has 12 heteroatoms. The number of methoxy groups -OCH3 is 2. The van der Waals surface area contributed by atoms with E-state index in [1.54, 1.807) is 14.2 Å². The van der Waals surface area contributed by atoms with Gasteiger partial charge in [-0.25, -0.2) is 9.88 Å². The van der Waals surface area contributed by atoms with E-state index >= 15 is 0 Å². The summed E-state index contributed by atoms with van der Waals surface area (Å²) in [5.41, 5.74) is 3.74. The molecule has 3 aromatic carbocycles. The van der Waals surface area contributed by atoms with Gasteiger partial charge in [0.05, 0.1) is 20.8 Å². The Bertz CT molecular complexity index is 2210. The van der Waals surface area contributed by atoms with Gasteiger partial charge in [-0.1, -0.05) is 127 Å². The van der Waals surface area contributed by atoms with Gasteiger partial charge in [0.15, 0.2) is 0 Å². The van der Waals surface area contributed by atoms with E-state index in [1.165, 1.54) is 56.9 Å². The largest absolute Gasteiger partial charge is 0.497 e. The molecule has 1 heterocycles. The molecule has 0 bridgehead atoms. The number of allylic oxidation sites excluding steroid dienone is 1. The molecule has 0 aromatic heterocycles. The van der Waals surface area contributed by atoms with Crippen LogP contribution >= 0.6 is 8.53 Å². The second-order valence-corrected chi connectivity index (χ2v) is 24.0. The van der Waals surface area contributed by atoms with Crippen LogP contribution in [0.2, 0.25) is 0 Å². The molecule has 4 aliphatic carbocycles. The van der Waals surface area contributed by atoms with Crippen LogP contribution in [0.3, 0.4) is 0 Å². The van der Waals surface area contributed by atoms with E-state index in [2.05, 4.69) is 51.1 Å². The number of hydrogen-bond donors (Lipinski definition) is 4. The van der Waals surface area contributed by atoms with Crippen molar-refractivity contribution in [3.05, 3.63) is 107 Å². The summed E-state index contributed by atoms with van der Waals surface area (Å²) in [4.78, 5) is 49.9. The van der Waals surface area contributed by atoms with Gasteiger partial charge in [0.25, 0.3) is 8.53 Å². The summed E-state index contributed by atoms with van der Waals surface area (Å²) in [5.74, 6) is 5.76. The van der Waals surface area contributed by atoms with Crippen molar-refractivity contribution in [3.8, 4) is 11.5 Å². The Kier molecular flexibility index (Phi) is 18.2. The first-order valence-electron chi connectivity index (χ1n) is 27.5. The SMILES string of the molecule is COc1ccc(C(OCc2ccccc2)(c2ccc(OC)cc2)C2CN(C(=O)CCCCCNC(=O)OC3CCC4(C)C(=CCC5C4CCC4(C)C(C(C)CCCC(C)C)CCC54)C3)CC2NP(O)O)cc1. The standard InChI is InChI=1S/C60H86N3O8P/c1-41(2)15-14-16-42(3)51-30-31-52-50-29-24-46-37-49(32-34-58(46,4)53(50)33-35-59(51,52)5)71-57(65)61-36-13-9-12-19-56(64)63-38-54(55(39-63)62-72(66)67)60(44-20-25-47(68-6)26-21-44,45-22-27-48(69-7)28-23-45)70-40-43-17-10-8-11-18-43/h8,10-11,17-18,20-28,41-42,49-55,62,66-67H,9,12-16,19,29-40H2,1-7H3,(H,61,65). The number of likely N-dealkylation sites (tertiary alicyclic amines) is 1. The third-order valence-corrected chi connectivity index (χ3v) is 19.3. The summed E-state index contributed by atoms with van der Waals surface area (Å²) in [5, 5.41) is 6.05. The number of fused-ring (bicyclic) bond motifs is 5. The number of rotatable bonds is 22. The van der Waals surface area contributed by atoms with Gasteiger partial charge in [-0.2, -0.15) is 0 Å². The highest BCUT2D eigenvalue weighted by Gasteiger charge is 2.59. The van der Waals surface area contributed by atoms with Gasteiger partial charge in [0.2, 0.25) is 5.91 Å². The normalized spacial score (nSPS) is 28.5. The van der Waals surface area contributed by atoms with Crippen molar-refractivity contribution >= 4 is 20.5 Å². The van der Waals surface area contributed by atoms with E-state index in [1.807, 2.05) is 83.8 Å². The van der Waals surface area contributed by atoms with Gasteiger partial charge < -0.3 is 39.0 Å². The van der Waals surface area contributed by atoms with Crippen LogP contribution in [0.25, 0.3) is 0 Å². The molecule has 3 saturated carbocycles. The molecule has 4 N–H and O–H groups in total. The molecule has 4 fully saturated rings. The Morgan fingerprint density at radius 3 is 2.15 bits per heavy atom. The first-order valence-corrected chi connectivity index (χ1v) is 28.8. The zero-order chi connectivity index (χ0) is 51.0. The highest BCUT2D eigenvalue weighted by Crippen LogP contribution is 2.67. The third kappa shape index (κ3) is 11.9. The van der Waals surface area contributed by atoms with E-state index in [4.69, 9.17) is 18.9 Å². The molecule has 72 heavy (non-hydrogen) atoms. The smallest absolute Gasteiger partial charge is 0.407 e. The number of ether oxygens (including phenoxy) is 4. The monoisotopic (exact) mass is 1010 g/mol. The van der Waals surface area contributed by atoms with Crippen LogP contribution in [0.1, 0.15) is 148 Å². The molecule has 1 saturated heterocycles. The molecular formula is C60H86N3O8P. The lowest BCUT2D eigenvalue weighted by molar-refractivity contribution is -0.131. The molecule has 3 aromatic rings. The number of amides is 2. The predicted octanol–water partition coefficient (Wildman–Crippen LogP) is 12.5. The maximum absolute atomic E-state index is 14.1. The van der Waals surface area contributed by atoms with Crippen LogP contribution in [0, 0.1) is 52.3 Å². The Labute approximate surface area is 432 Å². The van der Waals surface area contributed by atoms with Gasteiger partial charge in [-0.3, -0.25) is 4.79 Å². The number of carbonyl (C=O) groups excluding carboxylic acids is 2. The summed E-state index contributed by atoms with van der Waals surface area (Å²) >= 11 is 0. The third-order valence-electron chi connectivity index (χ3n) is 18.7. The average Bonchev–Trinajstić information content (AvgIpc) is 3.96. The van der Waals surface area contributed by atoms with Crippen LogP contribution in [0.15, 0.2) is 90.5 Å². The van der Waals surface area contributed by atoms with Gasteiger partial charge in [0.1, 0.15) is 23.2 Å². The molecule has 0 radical (unpaired) electrons.